The monoisotopic (exact) mass is 420 g/mol. The highest BCUT2D eigenvalue weighted by atomic mass is 16.6. The van der Waals surface area contributed by atoms with Crippen LogP contribution in [0.15, 0.2) is 48.5 Å². The molecule has 0 N–H and O–H groups in total. The van der Waals surface area contributed by atoms with E-state index in [1.54, 1.807) is 0 Å². The van der Waals surface area contributed by atoms with Crippen LogP contribution < -0.4 is 0 Å². The van der Waals surface area contributed by atoms with Crippen LogP contribution in [0, 0.1) is 0 Å². The molecule has 0 saturated heterocycles. The average molecular weight is 421 g/mol. The molecule has 164 valence electrons. The first-order chi connectivity index (χ1) is 14.4. The van der Waals surface area contributed by atoms with E-state index in [0.29, 0.717) is 0 Å². The minimum absolute atomic E-state index is 0.382. The molecule has 2 aromatic carbocycles. The Labute approximate surface area is 185 Å². The minimum atomic E-state index is -0.593. The number of benzene rings is 2. The summed E-state index contributed by atoms with van der Waals surface area (Å²) in [6, 6.07) is 16.6. The predicted octanol–water partition coefficient (Wildman–Crippen LogP) is 5.68. The second kappa shape index (κ2) is 8.33. The number of carbonyl (C=O) groups is 2. The first-order valence-corrected chi connectivity index (χ1v) is 10.7. The molecule has 2 atom stereocenters. The summed E-state index contributed by atoms with van der Waals surface area (Å²) in [6.07, 6.45) is 0.988. The van der Waals surface area contributed by atoms with Gasteiger partial charge in [0.15, 0.2) is 0 Å². The number of hydrogen-bond donors (Lipinski definition) is 0. The lowest BCUT2D eigenvalue weighted by molar-refractivity contribution is -0.179. The fourth-order valence-electron chi connectivity index (χ4n) is 4.61. The quantitative estimate of drug-likeness (QED) is 0.472. The van der Waals surface area contributed by atoms with E-state index in [4.69, 9.17) is 9.47 Å². The maximum Gasteiger partial charge on any atom is 0.303 e. The Bertz CT molecular complexity index is 1010. The van der Waals surface area contributed by atoms with Crippen LogP contribution in [0.3, 0.4) is 0 Å². The summed E-state index contributed by atoms with van der Waals surface area (Å²) >= 11 is 0. The molecule has 0 bridgehead atoms. The number of hydrogen-bond acceptors (Lipinski definition) is 4. The Hall–Kier alpha value is -2.88. The standard InChI is InChI=1S/C27H32O4/c1-17(15-20-11-9-8-10-12-20)21-13-14-22-23(16-21)27(6,7)25(31-19(3)29)24(26(22,4)5)30-18(2)28/h8-16,24-25H,1-7H3. The highest BCUT2D eigenvalue weighted by molar-refractivity contribution is 5.81. The summed E-state index contributed by atoms with van der Waals surface area (Å²) in [4.78, 5) is 23.9. The molecule has 3 rings (SSSR count). The molecule has 0 spiro atoms. The van der Waals surface area contributed by atoms with Gasteiger partial charge in [0.2, 0.25) is 0 Å². The van der Waals surface area contributed by atoms with Crippen molar-refractivity contribution in [2.24, 2.45) is 0 Å². The zero-order valence-electron chi connectivity index (χ0n) is 19.5. The van der Waals surface area contributed by atoms with Crippen molar-refractivity contribution in [2.75, 3.05) is 0 Å². The maximum absolute atomic E-state index is 12.0. The topological polar surface area (TPSA) is 52.6 Å². The van der Waals surface area contributed by atoms with Crippen molar-refractivity contribution in [2.45, 2.75) is 71.5 Å². The molecule has 2 aromatic rings. The number of fused-ring (bicyclic) bond motifs is 1. The second-order valence-corrected chi connectivity index (χ2v) is 9.50. The Kier molecular flexibility index (Phi) is 6.13. The third-order valence-corrected chi connectivity index (χ3v) is 6.33. The minimum Gasteiger partial charge on any atom is -0.458 e. The van der Waals surface area contributed by atoms with Crippen LogP contribution in [-0.2, 0) is 29.9 Å². The van der Waals surface area contributed by atoms with E-state index in [9.17, 15) is 9.59 Å². The van der Waals surface area contributed by atoms with Crippen LogP contribution in [-0.4, -0.2) is 24.1 Å². The molecule has 0 aromatic heterocycles. The lowest BCUT2D eigenvalue weighted by atomic mass is 9.59. The van der Waals surface area contributed by atoms with E-state index in [1.165, 1.54) is 13.8 Å². The van der Waals surface area contributed by atoms with Crippen LogP contribution in [0.5, 0.6) is 0 Å². The molecule has 4 heteroatoms. The van der Waals surface area contributed by atoms with Crippen molar-refractivity contribution in [3.05, 3.63) is 70.8 Å². The number of allylic oxidation sites excluding steroid dienone is 1. The summed E-state index contributed by atoms with van der Waals surface area (Å²) in [6.45, 7) is 13.1. The molecular formula is C27H32O4. The van der Waals surface area contributed by atoms with Crippen LogP contribution in [0.25, 0.3) is 11.6 Å². The van der Waals surface area contributed by atoms with Crippen LogP contribution in [0.4, 0.5) is 0 Å². The summed E-state index contributed by atoms with van der Waals surface area (Å²) in [5.41, 5.74) is 4.54. The van der Waals surface area contributed by atoms with Gasteiger partial charge in [0, 0.05) is 24.7 Å². The highest BCUT2D eigenvalue weighted by Crippen LogP contribution is 2.49. The fraction of sp³-hybridized carbons (Fsp3) is 0.407. The van der Waals surface area contributed by atoms with Crippen LogP contribution >= 0.6 is 0 Å². The summed E-state index contributed by atoms with van der Waals surface area (Å²) in [5.74, 6) is -0.765. The van der Waals surface area contributed by atoms with E-state index in [-0.39, 0.29) is 11.9 Å². The molecule has 0 fully saturated rings. The molecular weight excluding hydrogens is 388 g/mol. The molecule has 0 aliphatic heterocycles. The van der Waals surface area contributed by atoms with E-state index in [2.05, 4.69) is 43.3 Å². The van der Waals surface area contributed by atoms with Crippen LogP contribution in [0.2, 0.25) is 0 Å². The van der Waals surface area contributed by atoms with E-state index < -0.39 is 23.0 Å². The summed E-state index contributed by atoms with van der Waals surface area (Å²) in [7, 11) is 0. The molecule has 0 heterocycles. The number of carbonyl (C=O) groups excluding carboxylic acids is 2. The van der Waals surface area contributed by atoms with Gasteiger partial charge in [-0.05, 0) is 34.8 Å². The lowest BCUT2D eigenvalue weighted by Crippen LogP contribution is -2.59. The van der Waals surface area contributed by atoms with Gasteiger partial charge in [-0.3, -0.25) is 9.59 Å². The van der Waals surface area contributed by atoms with Gasteiger partial charge in [0.05, 0.1) is 0 Å². The van der Waals surface area contributed by atoms with E-state index >= 15 is 0 Å². The predicted molar refractivity (Wildman–Crippen MR) is 124 cm³/mol. The van der Waals surface area contributed by atoms with E-state index in [0.717, 1.165) is 27.8 Å². The van der Waals surface area contributed by atoms with Crippen molar-refractivity contribution in [1.82, 2.24) is 0 Å². The normalized spacial score (nSPS) is 21.7. The summed E-state index contributed by atoms with van der Waals surface area (Å²) < 4.78 is 11.5. The third kappa shape index (κ3) is 4.43. The third-order valence-electron chi connectivity index (χ3n) is 6.33. The first kappa shape index (κ1) is 22.8. The van der Waals surface area contributed by atoms with Gasteiger partial charge >= 0.3 is 11.9 Å². The Morgan fingerprint density at radius 3 is 1.81 bits per heavy atom. The molecule has 0 radical (unpaired) electrons. The molecule has 1 aliphatic carbocycles. The Morgan fingerprint density at radius 2 is 1.29 bits per heavy atom. The first-order valence-electron chi connectivity index (χ1n) is 10.7. The van der Waals surface area contributed by atoms with Crippen molar-refractivity contribution >= 4 is 23.6 Å². The molecule has 0 saturated carbocycles. The van der Waals surface area contributed by atoms with Gasteiger partial charge in [0.1, 0.15) is 12.2 Å². The van der Waals surface area contributed by atoms with Crippen molar-refractivity contribution in [1.29, 1.82) is 0 Å². The van der Waals surface area contributed by atoms with Crippen molar-refractivity contribution < 1.29 is 19.1 Å². The van der Waals surface area contributed by atoms with Gasteiger partial charge in [-0.1, -0.05) is 82.3 Å². The van der Waals surface area contributed by atoms with Gasteiger partial charge in [0.25, 0.3) is 0 Å². The molecule has 2 unspecified atom stereocenters. The zero-order valence-corrected chi connectivity index (χ0v) is 19.5. The zero-order chi connectivity index (χ0) is 23.0. The smallest absolute Gasteiger partial charge is 0.303 e. The molecule has 4 nitrogen and oxygen atoms in total. The van der Waals surface area contributed by atoms with Gasteiger partial charge < -0.3 is 9.47 Å². The largest absolute Gasteiger partial charge is 0.458 e. The second-order valence-electron chi connectivity index (χ2n) is 9.50. The molecule has 0 amide bonds. The van der Waals surface area contributed by atoms with Gasteiger partial charge in [-0.25, -0.2) is 0 Å². The van der Waals surface area contributed by atoms with Crippen molar-refractivity contribution in [3.8, 4) is 0 Å². The lowest BCUT2D eigenvalue weighted by Gasteiger charge is -2.51. The van der Waals surface area contributed by atoms with Crippen LogP contribution in [0.1, 0.15) is 70.7 Å². The fourth-order valence-corrected chi connectivity index (χ4v) is 4.61. The SMILES string of the molecule is CC(=O)OC1C(OC(C)=O)C(C)(C)c2cc(C(C)=Cc3ccccc3)ccc2C1(C)C. The van der Waals surface area contributed by atoms with Gasteiger partial charge in [-0.15, -0.1) is 0 Å². The van der Waals surface area contributed by atoms with Gasteiger partial charge in [-0.2, -0.15) is 0 Å². The number of ether oxygens (including phenoxy) is 2. The average Bonchev–Trinajstić information content (AvgIpc) is 2.69. The highest BCUT2D eigenvalue weighted by Gasteiger charge is 2.55. The maximum atomic E-state index is 12.0. The number of rotatable bonds is 4. The van der Waals surface area contributed by atoms with Crippen molar-refractivity contribution in [3.63, 3.8) is 0 Å². The Balaban J connectivity index is 2.14. The van der Waals surface area contributed by atoms with E-state index in [1.807, 2.05) is 45.9 Å². The summed E-state index contributed by atoms with van der Waals surface area (Å²) in [5, 5.41) is 0. The molecule has 31 heavy (non-hydrogen) atoms. The Morgan fingerprint density at radius 1 is 0.774 bits per heavy atom. The number of esters is 2. The molecule has 1 aliphatic rings.